The molecule has 0 spiro atoms. The van der Waals surface area contributed by atoms with Gasteiger partial charge >= 0.3 is 0 Å². The third-order valence-corrected chi connectivity index (χ3v) is 4.17. The van der Waals surface area contributed by atoms with Crippen LogP contribution in [0.4, 0.5) is 0 Å². The molecule has 2 aromatic rings. The topological polar surface area (TPSA) is 38.3 Å². The molecule has 0 aliphatic heterocycles. The van der Waals surface area contributed by atoms with Crippen LogP contribution in [-0.2, 0) is 16.6 Å². The number of ether oxygens (including phenoxy) is 1. The summed E-state index contributed by atoms with van der Waals surface area (Å²) in [7, 11) is 0. The first kappa shape index (κ1) is 19.0. The molecule has 3 nitrogen and oxygen atoms in total. The Kier molecular flexibility index (Phi) is 6.63. The molecular formula is C22H29NO2. The van der Waals surface area contributed by atoms with E-state index in [0.717, 1.165) is 12.2 Å². The molecule has 0 heterocycles. The molecule has 0 saturated heterocycles. The fraction of sp³-hybridized carbons (Fsp3) is 0.409. The van der Waals surface area contributed by atoms with Crippen LogP contribution in [0.15, 0.2) is 48.5 Å². The molecule has 2 aromatic carbocycles. The highest BCUT2D eigenvalue weighted by Crippen LogP contribution is 2.24. The third kappa shape index (κ3) is 6.61. The lowest BCUT2D eigenvalue weighted by Crippen LogP contribution is -2.28. The Hall–Kier alpha value is -2.29. The van der Waals surface area contributed by atoms with Gasteiger partial charge in [-0.25, -0.2) is 0 Å². The second-order valence-corrected chi connectivity index (χ2v) is 7.46. The molecule has 0 saturated carbocycles. The van der Waals surface area contributed by atoms with Crippen molar-refractivity contribution >= 4 is 5.91 Å². The fourth-order valence-corrected chi connectivity index (χ4v) is 2.51. The van der Waals surface area contributed by atoms with Gasteiger partial charge in [0.15, 0.2) is 0 Å². The smallest absolute Gasteiger partial charge is 0.220 e. The molecule has 2 rings (SSSR count). The van der Waals surface area contributed by atoms with Gasteiger partial charge in [0.2, 0.25) is 5.91 Å². The zero-order chi connectivity index (χ0) is 18.3. The minimum atomic E-state index is 0.0623. The van der Waals surface area contributed by atoms with Crippen LogP contribution < -0.4 is 10.1 Å². The number of benzene rings is 2. The number of amides is 1. The largest absolute Gasteiger partial charge is 0.492 e. The van der Waals surface area contributed by atoms with Crippen LogP contribution in [-0.4, -0.2) is 19.1 Å². The first-order valence-electron chi connectivity index (χ1n) is 8.90. The zero-order valence-corrected chi connectivity index (χ0v) is 15.8. The van der Waals surface area contributed by atoms with Crippen molar-refractivity contribution in [2.75, 3.05) is 13.2 Å². The lowest BCUT2D eigenvalue weighted by atomic mass is 9.87. The summed E-state index contributed by atoms with van der Waals surface area (Å²) in [6, 6.07) is 16.5. The minimum Gasteiger partial charge on any atom is -0.492 e. The Bertz CT molecular complexity index is 667. The molecule has 0 fully saturated rings. The molecule has 134 valence electrons. The lowest BCUT2D eigenvalue weighted by Gasteiger charge is -2.19. The maximum Gasteiger partial charge on any atom is 0.220 e. The van der Waals surface area contributed by atoms with Crippen LogP contribution >= 0.6 is 0 Å². The molecule has 0 aliphatic carbocycles. The predicted molar refractivity (Wildman–Crippen MR) is 103 cm³/mol. The zero-order valence-electron chi connectivity index (χ0n) is 15.8. The van der Waals surface area contributed by atoms with Crippen LogP contribution in [0.3, 0.4) is 0 Å². The average molecular weight is 339 g/mol. The molecular weight excluding hydrogens is 310 g/mol. The van der Waals surface area contributed by atoms with Crippen molar-refractivity contribution < 1.29 is 9.53 Å². The van der Waals surface area contributed by atoms with Crippen LogP contribution in [0.1, 0.15) is 43.9 Å². The van der Waals surface area contributed by atoms with Crippen LogP contribution in [0.2, 0.25) is 0 Å². The summed E-state index contributed by atoms with van der Waals surface area (Å²) in [6.45, 7) is 9.63. The van der Waals surface area contributed by atoms with Gasteiger partial charge in [-0.15, -0.1) is 0 Å². The van der Waals surface area contributed by atoms with Crippen molar-refractivity contribution in [1.29, 1.82) is 0 Å². The highest BCUT2D eigenvalue weighted by Gasteiger charge is 2.12. The molecule has 0 bridgehead atoms. The van der Waals surface area contributed by atoms with Crippen molar-refractivity contribution in [1.82, 2.24) is 5.32 Å². The van der Waals surface area contributed by atoms with E-state index in [1.54, 1.807) is 0 Å². The van der Waals surface area contributed by atoms with Crippen molar-refractivity contribution in [3.05, 3.63) is 65.2 Å². The molecule has 0 aliphatic rings. The molecule has 3 heteroatoms. The molecule has 0 radical (unpaired) electrons. The summed E-state index contributed by atoms with van der Waals surface area (Å²) in [5.74, 6) is 0.897. The SMILES string of the molecule is Cc1ccc(CCC(=O)NCCOc2ccc(C(C)(C)C)cc2)cc1. The molecule has 1 amide bonds. The number of carbonyl (C=O) groups excluding carboxylic acids is 1. The number of hydrogen-bond acceptors (Lipinski definition) is 2. The van der Waals surface area contributed by atoms with Gasteiger partial charge in [-0.2, -0.15) is 0 Å². The summed E-state index contributed by atoms with van der Waals surface area (Å²) in [5, 5.41) is 2.91. The Labute approximate surface area is 151 Å². The van der Waals surface area contributed by atoms with Gasteiger partial charge in [0.25, 0.3) is 0 Å². The van der Waals surface area contributed by atoms with Crippen molar-refractivity contribution in [2.24, 2.45) is 0 Å². The van der Waals surface area contributed by atoms with Crippen molar-refractivity contribution in [3.8, 4) is 5.75 Å². The third-order valence-electron chi connectivity index (χ3n) is 4.17. The second kappa shape index (κ2) is 8.70. The van der Waals surface area contributed by atoms with Gasteiger partial charge in [0.05, 0.1) is 6.54 Å². The Morgan fingerprint density at radius 1 is 1.00 bits per heavy atom. The molecule has 25 heavy (non-hydrogen) atoms. The van der Waals surface area contributed by atoms with Crippen LogP contribution in [0.25, 0.3) is 0 Å². The van der Waals surface area contributed by atoms with Gasteiger partial charge in [0.1, 0.15) is 12.4 Å². The van der Waals surface area contributed by atoms with Gasteiger partial charge in [-0.05, 0) is 42.0 Å². The molecule has 1 N–H and O–H groups in total. The van der Waals surface area contributed by atoms with Gasteiger partial charge in [-0.3, -0.25) is 4.79 Å². The Balaban J connectivity index is 1.65. The van der Waals surface area contributed by atoms with E-state index in [1.807, 2.05) is 12.1 Å². The molecule has 0 unspecified atom stereocenters. The van der Waals surface area contributed by atoms with E-state index in [2.05, 4.69) is 69.4 Å². The lowest BCUT2D eigenvalue weighted by molar-refractivity contribution is -0.121. The molecule has 0 aromatic heterocycles. The summed E-state index contributed by atoms with van der Waals surface area (Å²) in [4.78, 5) is 11.9. The highest BCUT2D eigenvalue weighted by molar-refractivity contribution is 5.76. The number of carbonyl (C=O) groups is 1. The van der Waals surface area contributed by atoms with Gasteiger partial charge in [0, 0.05) is 6.42 Å². The van der Waals surface area contributed by atoms with Crippen LogP contribution in [0.5, 0.6) is 5.75 Å². The number of aryl methyl sites for hydroxylation is 2. The monoisotopic (exact) mass is 339 g/mol. The van der Waals surface area contributed by atoms with Crippen molar-refractivity contribution in [2.45, 2.75) is 46.0 Å². The van der Waals surface area contributed by atoms with E-state index in [0.29, 0.717) is 19.6 Å². The van der Waals surface area contributed by atoms with Gasteiger partial charge in [-0.1, -0.05) is 62.7 Å². The van der Waals surface area contributed by atoms with Crippen molar-refractivity contribution in [3.63, 3.8) is 0 Å². The summed E-state index contributed by atoms with van der Waals surface area (Å²) in [6.07, 6.45) is 1.27. The predicted octanol–water partition coefficient (Wildman–Crippen LogP) is 4.42. The fourth-order valence-electron chi connectivity index (χ4n) is 2.51. The first-order valence-corrected chi connectivity index (χ1v) is 8.90. The van der Waals surface area contributed by atoms with Gasteiger partial charge < -0.3 is 10.1 Å². The Morgan fingerprint density at radius 2 is 1.64 bits per heavy atom. The normalized spacial score (nSPS) is 11.2. The number of nitrogens with one attached hydrogen (secondary N) is 1. The summed E-state index contributed by atoms with van der Waals surface area (Å²) < 4.78 is 5.69. The van der Waals surface area contributed by atoms with E-state index in [9.17, 15) is 4.79 Å². The quantitative estimate of drug-likeness (QED) is 0.758. The standard InChI is InChI=1S/C22H29NO2/c1-17-5-7-18(8-6-17)9-14-21(24)23-15-16-25-20-12-10-19(11-13-20)22(2,3)4/h5-8,10-13H,9,14-16H2,1-4H3,(H,23,24). The maximum absolute atomic E-state index is 11.9. The summed E-state index contributed by atoms with van der Waals surface area (Å²) in [5.41, 5.74) is 3.85. The number of hydrogen-bond donors (Lipinski definition) is 1. The van der Waals surface area contributed by atoms with E-state index in [1.165, 1.54) is 16.7 Å². The maximum atomic E-state index is 11.9. The van der Waals surface area contributed by atoms with E-state index >= 15 is 0 Å². The second-order valence-electron chi connectivity index (χ2n) is 7.46. The molecule has 0 atom stereocenters. The minimum absolute atomic E-state index is 0.0623. The highest BCUT2D eigenvalue weighted by atomic mass is 16.5. The van der Waals surface area contributed by atoms with E-state index in [-0.39, 0.29) is 11.3 Å². The Morgan fingerprint density at radius 3 is 2.24 bits per heavy atom. The summed E-state index contributed by atoms with van der Waals surface area (Å²) >= 11 is 0. The average Bonchev–Trinajstić information content (AvgIpc) is 2.58. The van der Waals surface area contributed by atoms with E-state index < -0.39 is 0 Å². The van der Waals surface area contributed by atoms with Crippen LogP contribution in [0, 0.1) is 6.92 Å². The first-order chi connectivity index (χ1) is 11.8. The van der Waals surface area contributed by atoms with E-state index in [4.69, 9.17) is 4.74 Å². The number of rotatable bonds is 7.